The maximum absolute atomic E-state index is 12.5. The lowest BCUT2D eigenvalue weighted by Gasteiger charge is -2.43. The van der Waals surface area contributed by atoms with E-state index in [0.717, 1.165) is 38.5 Å². The van der Waals surface area contributed by atoms with Crippen LogP contribution in [-0.4, -0.2) is 31.1 Å². The quantitative estimate of drug-likeness (QED) is 0.768. The van der Waals surface area contributed by atoms with Crippen LogP contribution in [-0.2, 0) is 14.3 Å². The Hall–Kier alpha value is -0.810. The van der Waals surface area contributed by atoms with Gasteiger partial charge in [-0.1, -0.05) is 6.42 Å². The molecule has 3 saturated carbocycles. The Balaban J connectivity index is 0.00000176. The minimum absolute atomic E-state index is 0. The van der Waals surface area contributed by atoms with Gasteiger partial charge >= 0.3 is 5.97 Å². The number of hydrogen-bond donors (Lipinski definition) is 2. The van der Waals surface area contributed by atoms with E-state index in [9.17, 15) is 9.59 Å². The summed E-state index contributed by atoms with van der Waals surface area (Å²) in [5.74, 6) is 0.967. The van der Waals surface area contributed by atoms with Crippen molar-refractivity contribution in [3.8, 4) is 0 Å². The van der Waals surface area contributed by atoms with Crippen molar-refractivity contribution in [2.75, 3.05) is 7.11 Å². The fourth-order valence-corrected chi connectivity index (χ4v) is 4.20. The molecule has 22 heavy (non-hydrogen) atoms. The molecule has 3 unspecified atom stereocenters. The van der Waals surface area contributed by atoms with Crippen molar-refractivity contribution in [3.63, 3.8) is 0 Å². The summed E-state index contributed by atoms with van der Waals surface area (Å²) < 4.78 is 4.82. The largest absolute Gasteiger partial charge is 0.467 e. The van der Waals surface area contributed by atoms with Gasteiger partial charge in [-0.2, -0.15) is 0 Å². The second-order valence-corrected chi connectivity index (χ2v) is 7.04. The van der Waals surface area contributed by atoms with Crippen molar-refractivity contribution in [2.45, 2.75) is 57.0 Å². The highest BCUT2D eigenvalue weighted by atomic mass is 35.5. The molecule has 0 aromatic heterocycles. The van der Waals surface area contributed by atoms with Gasteiger partial charge in [0.2, 0.25) is 5.91 Å². The molecule has 0 aromatic carbocycles. The van der Waals surface area contributed by atoms with Crippen LogP contribution >= 0.6 is 12.4 Å². The fourth-order valence-electron chi connectivity index (χ4n) is 4.20. The number of amides is 1. The third-order valence-corrected chi connectivity index (χ3v) is 5.63. The summed E-state index contributed by atoms with van der Waals surface area (Å²) >= 11 is 0. The minimum atomic E-state index is -0.446. The van der Waals surface area contributed by atoms with E-state index in [1.807, 2.05) is 0 Å². The third kappa shape index (κ3) is 3.57. The first-order valence-electron chi connectivity index (χ1n) is 8.24. The first-order chi connectivity index (χ1) is 10.1. The lowest BCUT2D eigenvalue weighted by Crippen LogP contribution is -2.51. The lowest BCUT2D eigenvalue weighted by molar-refractivity contribution is -0.146. The summed E-state index contributed by atoms with van der Waals surface area (Å²) in [4.78, 5) is 24.3. The van der Waals surface area contributed by atoms with E-state index >= 15 is 0 Å². The molecule has 0 spiro atoms. The number of methoxy groups -OCH3 is 1. The van der Waals surface area contributed by atoms with Crippen LogP contribution in [0.5, 0.6) is 0 Å². The van der Waals surface area contributed by atoms with Gasteiger partial charge in [-0.05, 0) is 56.3 Å². The SMILES string of the molecule is COC(=O)C(NC(=O)C1CC2CCCC(C1)C2N)C1CC1.Cl. The van der Waals surface area contributed by atoms with Crippen LogP contribution in [0.1, 0.15) is 44.9 Å². The normalized spacial score (nSPS) is 35.0. The molecule has 126 valence electrons. The lowest BCUT2D eigenvalue weighted by atomic mass is 9.65. The van der Waals surface area contributed by atoms with Gasteiger partial charge in [0.25, 0.3) is 0 Å². The Morgan fingerprint density at radius 1 is 1.14 bits per heavy atom. The van der Waals surface area contributed by atoms with Crippen LogP contribution in [0.2, 0.25) is 0 Å². The van der Waals surface area contributed by atoms with Crippen molar-refractivity contribution < 1.29 is 14.3 Å². The summed E-state index contributed by atoms with van der Waals surface area (Å²) in [5, 5.41) is 2.95. The third-order valence-electron chi connectivity index (χ3n) is 5.63. The van der Waals surface area contributed by atoms with Crippen LogP contribution in [0.25, 0.3) is 0 Å². The maximum atomic E-state index is 12.5. The molecule has 1 amide bonds. The standard InChI is InChI=1S/C16H26N2O3.ClH/c1-21-16(20)14(9-5-6-9)18-15(19)12-7-10-3-2-4-11(8-12)13(10)17;/h9-14H,2-8,17H2,1H3,(H,18,19);1H. The van der Waals surface area contributed by atoms with E-state index in [2.05, 4.69) is 5.32 Å². The van der Waals surface area contributed by atoms with Crippen LogP contribution in [0, 0.1) is 23.7 Å². The number of ether oxygens (including phenoxy) is 1. The van der Waals surface area contributed by atoms with Gasteiger partial charge in [0.05, 0.1) is 7.11 Å². The van der Waals surface area contributed by atoms with Gasteiger partial charge < -0.3 is 15.8 Å². The summed E-state index contributed by atoms with van der Waals surface area (Å²) in [5.41, 5.74) is 6.27. The molecule has 0 aliphatic heterocycles. The number of carbonyl (C=O) groups excluding carboxylic acids is 2. The smallest absolute Gasteiger partial charge is 0.328 e. The van der Waals surface area contributed by atoms with Crippen molar-refractivity contribution in [2.24, 2.45) is 29.4 Å². The molecule has 3 N–H and O–H groups in total. The molecule has 6 heteroatoms. The average Bonchev–Trinajstić information content (AvgIpc) is 3.28. The van der Waals surface area contributed by atoms with Crippen LogP contribution in [0.4, 0.5) is 0 Å². The maximum Gasteiger partial charge on any atom is 0.328 e. The summed E-state index contributed by atoms with van der Waals surface area (Å²) in [7, 11) is 1.38. The number of halogens is 1. The topological polar surface area (TPSA) is 81.4 Å². The highest BCUT2D eigenvalue weighted by molar-refractivity contribution is 5.86. The van der Waals surface area contributed by atoms with E-state index < -0.39 is 6.04 Å². The van der Waals surface area contributed by atoms with E-state index in [1.54, 1.807) is 0 Å². The second kappa shape index (κ2) is 7.18. The Labute approximate surface area is 138 Å². The number of fused-ring (bicyclic) bond motifs is 2. The molecule has 3 fully saturated rings. The summed E-state index contributed by atoms with van der Waals surface area (Å²) in [6.07, 6.45) is 7.28. The van der Waals surface area contributed by atoms with E-state index in [-0.39, 0.29) is 42.2 Å². The number of hydrogen-bond acceptors (Lipinski definition) is 4. The van der Waals surface area contributed by atoms with Gasteiger partial charge in [0.1, 0.15) is 6.04 Å². The predicted molar refractivity (Wildman–Crippen MR) is 85.4 cm³/mol. The van der Waals surface area contributed by atoms with Gasteiger partial charge in [0.15, 0.2) is 0 Å². The van der Waals surface area contributed by atoms with Crippen molar-refractivity contribution in [1.82, 2.24) is 5.32 Å². The molecular formula is C16H27ClN2O3. The summed E-state index contributed by atoms with van der Waals surface area (Å²) in [6.45, 7) is 0. The van der Waals surface area contributed by atoms with E-state index in [4.69, 9.17) is 10.5 Å². The molecule has 0 aromatic rings. The average molecular weight is 331 g/mol. The van der Waals surface area contributed by atoms with Crippen LogP contribution in [0.3, 0.4) is 0 Å². The molecule has 3 atom stereocenters. The molecule has 0 heterocycles. The van der Waals surface area contributed by atoms with Gasteiger partial charge in [-0.25, -0.2) is 4.79 Å². The van der Waals surface area contributed by atoms with Gasteiger partial charge in [0, 0.05) is 12.0 Å². The monoisotopic (exact) mass is 330 g/mol. The van der Waals surface area contributed by atoms with Crippen molar-refractivity contribution in [1.29, 1.82) is 0 Å². The van der Waals surface area contributed by atoms with Gasteiger partial charge in [-0.15, -0.1) is 12.4 Å². The predicted octanol–water partition coefficient (Wildman–Crippen LogP) is 1.63. The molecular weight excluding hydrogens is 304 g/mol. The molecule has 3 aliphatic rings. The van der Waals surface area contributed by atoms with Crippen LogP contribution in [0.15, 0.2) is 0 Å². The van der Waals surface area contributed by atoms with Gasteiger partial charge in [-0.3, -0.25) is 4.79 Å². The first kappa shape index (κ1) is 17.5. The highest BCUT2D eigenvalue weighted by Crippen LogP contribution is 2.42. The zero-order valence-corrected chi connectivity index (χ0v) is 13.9. The van der Waals surface area contributed by atoms with Crippen molar-refractivity contribution >= 4 is 24.3 Å². The zero-order chi connectivity index (χ0) is 15.0. The molecule has 0 radical (unpaired) electrons. The fraction of sp³-hybridized carbons (Fsp3) is 0.875. The molecule has 3 aliphatic carbocycles. The molecule has 0 saturated heterocycles. The second-order valence-electron chi connectivity index (χ2n) is 7.04. The van der Waals surface area contributed by atoms with E-state index in [1.165, 1.54) is 13.5 Å². The van der Waals surface area contributed by atoms with E-state index in [0.29, 0.717) is 11.8 Å². The highest BCUT2D eigenvalue weighted by Gasteiger charge is 2.43. The first-order valence-corrected chi connectivity index (χ1v) is 8.24. The van der Waals surface area contributed by atoms with Crippen molar-refractivity contribution in [3.05, 3.63) is 0 Å². The molecule has 3 rings (SSSR count). The zero-order valence-electron chi connectivity index (χ0n) is 13.1. The number of nitrogens with two attached hydrogens (primary N) is 1. The molecule has 2 bridgehead atoms. The Bertz CT molecular complexity index is 414. The Kier molecular flexibility index (Phi) is 5.72. The Morgan fingerprint density at radius 2 is 1.73 bits per heavy atom. The molecule has 5 nitrogen and oxygen atoms in total. The Morgan fingerprint density at radius 3 is 2.23 bits per heavy atom. The van der Waals surface area contributed by atoms with Crippen LogP contribution < -0.4 is 11.1 Å². The number of esters is 1. The number of rotatable bonds is 4. The number of nitrogens with one attached hydrogen (secondary N) is 1. The summed E-state index contributed by atoms with van der Waals surface area (Å²) in [6, 6.07) is -0.180. The minimum Gasteiger partial charge on any atom is -0.467 e. The number of carbonyl (C=O) groups is 2.